The summed E-state index contributed by atoms with van der Waals surface area (Å²) in [7, 11) is 3.39. The fraction of sp³-hybridized carbons (Fsp3) is 0.333. The van der Waals surface area contributed by atoms with E-state index in [2.05, 4.69) is 25.3 Å². The van der Waals surface area contributed by atoms with E-state index in [1.165, 1.54) is 0 Å². The molecule has 20 heavy (non-hydrogen) atoms. The molecule has 0 saturated heterocycles. The second kappa shape index (κ2) is 7.83. The van der Waals surface area contributed by atoms with Gasteiger partial charge in [0.1, 0.15) is 12.2 Å². The van der Waals surface area contributed by atoms with E-state index in [4.69, 9.17) is 9.47 Å². The van der Waals surface area contributed by atoms with Crippen LogP contribution in [-0.4, -0.2) is 20.3 Å². The maximum absolute atomic E-state index is 5.60. The van der Waals surface area contributed by atoms with Crippen molar-refractivity contribution in [2.45, 2.75) is 26.1 Å². The third-order valence-electron chi connectivity index (χ3n) is 3.33. The SMILES string of the molecule is C=C/C=C1\C(=C)c2ccccc2C(OC)C1OC.CC. The molecule has 2 unspecified atom stereocenters. The van der Waals surface area contributed by atoms with Crippen molar-refractivity contribution in [2.75, 3.05) is 14.2 Å². The van der Waals surface area contributed by atoms with Crippen LogP contribution in [0.25, 0.3) is 5.57 Å². The number of fused-ring (bicyclic) bond motifs is 1. The molecule has 0 N–H and O–H groups in total. The number of ether oxygens (including phenoxy) is 2. The zero-order valence-electron chi connectivity index (χ0n) is 12.8. The van der Waals surface area contributed by atoms with Crippen LogP contribution in [0.15, 0.2) is 55.1 Å². The summed E-state index contributed by atoms with van der Waals surface area (Å²) in [6, 6.07) is 8.14. The van der Waals surface area contributed by atoms with Crippen molar-refractivity contribution >= 4 is 5.57 Å². The molecule has 2 atom stereocenters. The number of rotatable bonds is 3. The summed E-state index contributed by atoms with van der Waals surface area (Å²) in [6.45, 7) is 11.9. The Kier molecular flexibility index (Phi) is 6.43. The van der Waals surface area contributed by atoms with Gasteiger partial charge in [0.25, 0.3) is 0 Å². The molecule has 0 heterocycles. The molecule has 0 fully saturated rings. The summed E-state index contributed by atoms with van der Waals surface area (Å²) in [5.74, 6) is 0. The Bertz CT molecular complexity index is 500. The fourth-order valence-electron chi connectivity index (χ4n) is 2.50. The van der Waals surface area contributed by atoms with Crippen molar-refractivity contribution in [1.29, 1.82) is 0 Å². The van der Waals surface area contributed by atoms with Gasteiger partial charge in [-0.3, -0.25) is 0 Å². The van der Waals surface area contributed by atoms with Gasteiger partial charge >= 0.3 is 0 Å². The van der Waals surface area contributed by atoms with Crippen molar-refractivity contribution in [3.63, 3.8) is 0 Å². The largest absolute Gasteiger partial charge is 0.374 e. The van der Waals surface area contributed by atoms with Gasteiger partial charge in [-0.15, -0.1) is 0 Å². The lowest BCUT2D eigenvalue weighted by molar-refractivity contribution is -0.0185. The monoisotopic (exact) mass is 272 g/mol. The van der Waals surface area contributed by atoms with Crippen LogP contribution in [0.4, 0.5) is 0 Å². The number of hydrogen-bond acceptors (Lipinski definition) is 2. The van der Waals surface area contributed by atoms with Gasteiger partial charge < -0.3 is 9.47 Å². The van der Waals surface area contributed by atoms with E-state index < -0.39 is 0 Å². The Labute approximate surface area is 122 Å². The molecule has 0 radical (unpaired) electrons. The molecule has 2 nitrogen and oxygen atoms in total. The van der Waals surface area contributed by atoms with Gasteiger partial charge in [-0.05, 0) is 22.3 Å². The summed E-state index contributed by atoms with van der Waals surface area (Å²) in [4.78, 5) is 0. The lowest BCUT2D eigenvalue weighted by atomic mass is 9.80. The van der Waals surface area contributed by atoms with Gasteiger partial charge in [0.05, 0.1) is 0 Å². The van der Waals surface area contributed by atoms with Gasteiger partial charge in [0.2, 0.25) is 0 Å². The summed E-state index contributed by atoms with van der Waals surface area (Å²) >= 11 is 0. The predicted octanol–water partition coefficient (Wildman–Crippen LogP) is 4.55. The lowest BCUT2D eigenvalue weighted by Gasteiger charge is -2.35. The summed E-state index contributed by atoms with van der Waals surface area (Å²) in [5.41, 5.74) is 4.24. The molecule has 0 aromatic heterocycles. The van der Waals surface area contributed by atoms with Crippen LogP contribution in [0.2, 0.25) is 0 Å². The van der Waals surface area contributed by atoms with Crippen LogP contribution in [-0.2, 0) is 9.47 Å². The first-order chi connectivity index (χ1) is 9.74. The minimum atomic E-state index is -0.143. The first-order valence-corrected chi connectivity index (χ1v) is 6.91. The first kappa shape index (κ1) is 16.4. The zero-order chi connectivity index (χ0) is 15.1. The maximum Gasteiger partial charge on any atom is 0.113 e. The van der Waals surface area contributed by atoms with Crippen molar-refractivity contribution in [3.8, 4) is 0 Å². The fourth-order valence-corrected chi connectivity index (χ4v) is 2.50. The first-order valence-electron chi connectivity index (χ1n) is 6.91. The lowest BCUT2D eigenvalue weighted by Crippen LogP contribution is -2.30. The molecule has 1 aromatic carbocycles. The third kappa shape index (κ3) is 2.92. The predicted molar refractivity (Wildman–Crippen MR) is 85.7 cm³/mol. The standard InChI is InChI=1S/C16H18O2.C2H6/c1-5-8-13-11(2)12-9-6-7-10-14(12)16(18-4)15(13)17-3;1-2/h5-10,15-16H,1-2H2,3-4H3;1-2H3/b13-8+;. The van der Waals surface area contributed by atoms with Crippen LogP contribution in [0.5, 0.6) is 0 Å². The molecular formula is C18H24O2. The quantitative estimate of drug-likeness (QED) is 0.803. The van der Waals surface area contributed by atoms with Crippen LogP contribution < -0.4 is 0 Å². The van der Waals surface area contributed by atoms with Crippen LogP contribution in [0.1, 0.15) is 31.1 Å². The molecule has 0 aliphatic heterocycles. The molecule has 2 rings (SSSR count). The van der Waals surface area contributed by atoms with Crippen LogP contribution in [0, 0.1) is 0 Å². The molecule has 0 saturated carbocycles. The second-order valence-electron chi connectivity index (χ2n) is 4.24. The van der Waals surface area contributed by atoms with Crippen molar-refractivity contribution < 1.29 is 9.47 Å². The molecule has 0 amide bonds. The molecular weight excluding hydrogens is 248 g/mol. The number of methoxy groups -OCH3 is 2. The van der Waals surface area contributed by atoms with Gasteiger partial charge in [-0.2, -0.15) is 0 Å². The Morgan fingerprint density at radius 1 is 1.05 bits per heavy atom. The normalized spacial score (nSPS) is 22.8. The van der Waals surface area contributed by atoms with E-state index in [1.54, 1.807) is 20.3 Å². The Hall–Kier alpha value is -1.64. The summed E-state index contributed by atoms with van der Waals surface area (Å²) in [5, 5.41) is 0. The average molecular weight is 272 g/mol. The minimum Gasteiger partial charge on any atom is -0.374 e. The van der Waals surface area contributed by atoms with Crippen molar-refractivity contribution in [2.24, 2.45) is 0 Å². The number of allylic oxidation sites excluding steroid dienone is 2. The second-order valence-corrected chi connectivity index (χ2v) is 4.24. The van der Waals surface area contributed by atoms with E-state index in [1.807, 2.05) is 32.1 Å². The third-order valence-corrected chi connectivity index (χ3v) is 3.33. The number of benzene rings is 1. The molecule has 108 valence electrons. The highest BCUT2D eigenvalue weighted by atomic mass is 16.5. The average Bonchev–Trinajstić information content (AvgIpc) is 2.51. The molecule has 1 aliphatic rings. The Morgan fingerprint density at radius 3 is 2.20 bits per heavy atom. The van der Waals surface area contributed by atoms with E-state index in [9.17, 15) is 0 Å². The Morgan fingerprint density at radius 2 is 1.65 bits per heavy atom. The van der Waals surface area contributed by atoms with Gasteiger partial charge in [-0.25, -0.2) is 0 Å². The highest BCUT2D eigenvalue weighted by Gasteiger charge is 2.34. The van der Waals surface area contributed by atoms with E-state index in [-0.39, 0.29) is 12.2 Å². The van der Waals surface area contributed by atoms with E-state index >= 15 is 0 Å². The zero-order valence-corrected chi connectivity index (χ0v) is 12.8. The van der Waals surface area contributed by atoms with Crippen molar-refractivity contribution in [1.82, 2.24) is 0 Å². The van der Waals surface area contributed by atoms with Crippen LogP contribution >= 0.6 is 0 Å². The van der Waals surface area contributed by atoms with Gasteiger partial charge in [-0.1, -0.05) is 63.4 Å². The summed E-state index contributed by atoms with van der Waals surface area (Å²) in [6.07, 6.45) is 3.45. The smallest absolute Gasteiger partial charge is 0.113 e. The molecule has 0 spiro atoms. The number of hydrogen-bond donors (Lipinski definition) is 0. The minimum absolute atomic E-state index is 0.108. The van der Waals surface area contributed by atoms with E-state index in [0.717, 1.165) is 22.3 Å². The maximum atomic E-state index is 5.60. The molecule has 1 aromatic rings. The molecule has 2 heteroatoms. The van der Waals surface area contributed by atoms with Gasteiger partial charge in [0, 0.05) is 14.2 Å². The molecule has 0 bridgehead atoms. The van der Waals surface area contributed by atoms with Crippen LogP contribution in [0.3, 0.4) is 0 Å². The Balaban J connectivity index is 0.000000956. The topological polar surface area (TPSA) is 18.5 Å². The summed E-state index contributed by atoms with van der Waals surface area (Å²) < 4.78 is 11.2. The van der Waals surface area contributed by atoms with E-state index in [0.29, 0.717) is 0 Å². The highest BCUT2D eigenvalue weighted by Crippen LogP contribution is 2.42. The van der Waals surface area contributed by atoms with Crippen molar-refractivity contribution in [3.05, 3.63) is 66.3 Å². The van der Waals surface area contributed by atoms with Gasteiger partial charge in [0.15, 0.2) is 0 Å². The molecule has 1 aliphatic carbocycles. The highest BCUT2D eigenvalue weighted by molar-refractivity contribution is 5.83.